The fraction of sp³-hybridized carbons (Fsp3) is 0.435. The third-order valence-electron chi connectivity index (χ3n) is 6.34. The van der Waals surface area contributed by atoms with Crippen LogP contribution in [-0.4, -0.2) is 64.7 Å². The normalized spacial score (nSPS) is 20.0. The smallest absolute Gasteiger partial charge is 0.231 e. The van der Waals surface area contributed by atoms with Crippen LogP contribution in [0.2, 0.25) is 0 Å². The van der Waals surface area contributed by atoms with Crippen molar-refractivity contribution < 1.29 is 4.79 Å². The lowest BCUT2D eigenvalue weighted by molar-refractivity contribution is -0.136. The zero-order chi connectivity index (χ0) is 20.5. The Kier molecular flexibility index (Phi) is 5.02. The molecule has 2 saturated heterocycles. The quantitative estimate of drug-likeness (QED) is 0.672. The number of piperidine rings is 1. The molecule has 0 aliphatic carbocycles. The van der Waals surface area contributed by atoms with E-state index in [1.54, 1.807) is 0 Å². The predicted octanol–water partition coefficient (Wildman–Crippen LogP) is 2.60. The van der Waals surface area contributed by atoms with Crippen molar-refractivity contribution in [1.82, 2.24) is 19.5 Å². The monoisotopic (exact) mass is 404 g/mol. The van der Waals surface area contributed by atoms with Gasteiger partial charge in [0.1, 0.15) is 0 Å². The van der Waals surface area contributed by atoms with Crippen LogP contribution in [-0.2, 0) is 4.79 Å². The molecule has 5 rings (SSSR count). The standard InChI is InChI=1S/C23H28N6O/c1-18-7-9-20(10-8-18)26-13-15-27(16-14-26)22(30)19-5-4-11-28(17-19)23-25-24-21-6-2-3-12-29(21)23/h2-3,6-10,12,19H,4-5,11,13-17H2,1H3. The van der Waals surface area contributed by atoms with Gasteiger partial charge in [-0.1, -0.05) is 23.8 Å². The first-order chi connectivity index (χ1) is 14.7. The zero-order valence-corrected chi connectivity index (χ0v) is 17.4. The third-order valence-corrected chi connectivity index (χ3v) is 6.34. The van der Waals surface area contributed by atoms with E-state index in [0.717, 1.165) is 57.2 Å². The summed E-state index contributed by atoms with van der Waals surface area (Å²) >= 11 is 0. The number of piperazine rings is 1. The van der Waals surface area contributed by atoms with E-state index in [4.69, 9.17) is 0 Å². The lowest BCUT2D eigenvalue weighted by Gasteiger charge is -2.39. The number of hydrogen-bond acceptors (Lipinski definition) is 5. The summed E-state index contributed by atoms with van der Waals surface area (Å²) in [6.45, 7) is 7.10. The summed E-state index contributed by atoms with van der Waals surface area (Å²) in [5, 5.41) is 8.65. The van der Waals surface area contributed by atoms with Gasteiger partial charge < -0.3 is 14.7 Å². The number of aryl methyl sites for hydroxylation is 1. The third kappa shape index (κ3) is 3.60. The molecule has 7 nitrogen and oxygen atoms in total. The molecular formula is C23H28N6O. The van der Waals surface area contributed by atoms with Crippen molar-refractivity contribution in [2.45, 2.75) is 19.8 Å². The molecule has 3 aromatic rings. The summed E-state index contributed by atoms with van der Waals surface area (Å²) in [6, 6.07) is 14.6. The average molecular weight is 405 g/mol. The van der Waals surface area contributed by atoms with E-state index in [9.17, 15) is 4.79 Å². The minimum Gasteiger partial charge on any atom is -0.368 e. The van der Waals surface area contributed by atoms with E-state index in [2.05, 4.69) is 56.1 Å². The van der Waals surface area contributed by atoms with Crippen molar-refractivity contribution >= 4 is 23.2 Å². The molecule has 7 heteroatoms. The number of fused-ring (bicyclic) bond motifs is 1. The van der Waals surface area contributed by atoms with Gasteiger partial charge in [0, 0.05) is 51.2 Å². The zero-order valence-electron chi connectivity index (χ0n) is 17.4. The summed E-state index contributed by atoms with van der Waals surface area (Å²) in [4.78, 5) is 19.9. The molecule has 1 aromatic carbocycles. The number of hydrogen-bond donors (Lipinski definition) is 0. The summed E-state index contributed by atoms with van der Waals surface area (Å²) in [5.74, 6) is 1.16. The van der Waals surface area contributed by atoms with Gasteiger partial charge >= 0.3 is 0 Å². The summed E-state index contributed by atoms with van der Waals surface area (Å²) in [6.07, 6.45) is 3.94. The van der Waals surface area contributed by atoms with E-state index < -0.39 is 0 Å². The predicted molar refractivity (Wildman–Crippen MR) is 118 cm³/mol. The number of benzene rings is 1. The van der Waals surface area contributed by atoms with E-state index in [-0.39, 0.29) is 11.8 Å². The molecule has 1 atom stereocenters. The average Bonchev–Trinajstić information content (AvgIpc) is 3.24. The van der Waals surface area contributed by atoms with E-state index in [1.165, 1.54) is 11.3 Å². The van der Waals surface area contributed by atoms with Crippen molar-refractivity contribution in [3.63, 3.8) is 0 Å². The summed E-state index contributed by atoms with van der Waals surface area (Å²) in [5.41, 5.74) is 3.36. The number of aromatic nitrogens is 3. The lowest BCUT2D eigenvalue weighted by Crippen LogP contribution is -2.52. The van der Waals surface area contributed by atoms with Gasteiger partial charge in [-0.2, -0.15) is 0 Å². The van der Waals surface area contributed by atoms with Crippen molar-refractivity contribution in [3.05, 3.63) is 54.2 Å². The van der Waals surface area contributed by atoms with Gasteiger partial charge in [0.05, 0.1) is 5.92 Å². The van der Waals surface area contributed by atoms with Crippen LogP contribution in [0.1, 0.15) is 18.4 Å². The summed E-state index contributed by atoms with van der Waals surface area (Å²) < 4.78 is 2.01. The van der Waals surface area contributed by atoms with E-state index >= 15 is 0 Å². The number of amides is 1. The van der Waals surface area contributed by atoms with Gasteiger partial charge in [-0.3, -0.25) is 9.20 Å². The Morgan fingerprint density at radius 2 is 1.73 bits per heavy atom. The van der Waals surface area contributed by atoms with Crippen molar-refractivity contribution in [2.24, 2.45) is 5.92 Å². The Hall–Kier alpha value is -3.09. The van der Waals surface area contributed by atoms with Gasteiger partial charge in [-0.15, -0.1) is 10.2 Å². The number of rotatable bonds is 3. The van der Waals surface area contributed by atoms with Gasteiger partial charge in [0.15, 0.2) is 5.65 Å². The van der Waals surface area contributed by atoms with Gasteiger partial charge in [0.25, 0.3) is 0 Å². The van der Waals surface area contributed by atoms with Crippen molar-refractivity contribution in [1.29, 1.82) is 0 Å². The number of carbonyl (C=O) groups excluding carboxylic acids is 1. The minimum absolute atomic E-state index is 0.0285. The van der Waals surface area contributed by atoms with Crippen LogP contribution in [0, 0.1) is 12.8 Å². The highest BCUT2D eigenvalue weighted by Crippen LogP contribution is 2.25. The highest BCUT2D eigenvalue weighted by Gasteiger charge is 2.32. The molecule has 30 heavy (non-hydrogen) atoms. The Morgan fingerprint density at radius 3 is 2.53 bits per heavy atom. The fourth-order valence-electron chi connectivity index (χ4n) is 4.60. The van der Waals surface area contributed by atoms with E-state index in [1.807, 2.05) is 28.8 Å². The van der Waals surface area contributed by atoms with Crippen LogP contribution in [0.4, 0.5) is 11.6 Å². The molecule has 156 valence electrons. The molecule has 1 unspecified atom stereocenters. The van der Waals surface area contributed by atoms with E-state index in [0.29, 0.717) is 6.54 Å². The molecule has 0 N–H and O–H groups in total. The van der Waals surface area contributed by atoms with Crippen LogP contribution < -0.4 is 9.80 Å². The van der Waals surface area contributed by atoms with Crippen LogP contribution >= 0.6 is 0 Å². The summed E-state index contributed by atoms with van der Waals surface area (Å²) in [7, 11) is 0. The Balaban J connectivity index is 1.23. The largest absolute Gasteiger partial charge is 0.368 e. The number of anilines is 2. The SMILES string of the molecule is Cc1ccc(N2CCN(C(=O)C3CCCN(c4nnc5ccccn45)C3)CC2)cc1. The molecule has 0 saturated carbocycles. The highest BCUT2D eigenvalue weighted by atomic mass is 16.2. The van der Waals surface area contributed by atoms with Gasteiger partial charge in [-0.25, -0.2) is 0 Å². The molecule has 2 aromatic heterocycles. The van der Waals surface area contributed by atoms with Gasteiger partial charge in [-0.05, 0) is 44.0 Å². The molecule has 0 spiro atoms. The van der Waals surface area contributed by atoms with Crippen LogP contribution in [0.3, 0.4) is 0 Å². The Bertz CT molecular complexity index is 1020. The topological polar surface area (TPSA) is 57.0 Å². The van der Waals surface area contributed by atoms with Crippen LogP contribution in [0.15, 0.2) is 48.7 Å². The molecule has 0 bridgehead atoms. The molecule has 4 heterocycles. The second kappa shape index (κ2) is 7.97. The fourth-order valence-corrected chi connectivity index (χ4v) is 4.60. The number of nitrogens with zero attached hydrogens (tertiary/aromatic N) is 6. The second-order valence-corrected chi connectivity index (χ2v) is 8.36. The molecule has 2 aliphatic rings. The molecular weight excluding hydrogens is 376 g/mol. The van der Waals surface area contributed by atoms with Crippen molar-refractivity contribution in [3.8, 4) is 0 Å². The van der Waals surface area contributed by atoms with Crippen LogP contribution in [0.5, 0.6) is 0 Å². The highest BCUT2D eigenvalue weighted by molar-refractivity contribution is 5.80. The maximum absolute atomic E-state index is 13.3. The number of pyridine rings is 1. The first-order valence-corrected chi connectivity index (χ1v) is 10.8. The van der Waals surface area contributed by atoms with Crippen molar-refractivity contribution in [2.75, 3.05) is 49.1 Å². The first-order valence-electron chi connectivity index (χ1n) is 10.8. The van der Waals surface area contributed by atoms with Gasteiger partial charge in [0.2, 0.25) is 11.9 Å². The van der Waals surface area contributed by atoms with Crippen LogP contribution in [0.25, 0.3) is 5.65 Å². The number of carbonyl (C=O) groups is 1. The first kappa shape index (κ1) is 18.9. The second-order valence-electron chi connectivity index (χ2n) is 8.36. The molecule has 1 amide bonds. The molecule has 2 fully saturated rings. The Morgan fingerprint density at radius 1 is 0.933 bits per heavy atom. The maximum atomic E-state index is 13.3. The maximum Gasteiger partial charge on any atom is 0.231 e. The molecule has 2 aliphatic heterocycles. The Labute approximate surface area is 176 Å². The minimum atomic E-state index is 0.0285. The lowest BCUT2D eigenvalue weighted by atomic mass is 9.96. The molecule has 0 radical (unpaired) electrons.